The predicted molar refractivity (Wildman–Crippen MR) is 61.7 cm³/mol. The molecule has 0 aliphatic rings. The van der Waals surface area contributed by atoms with E-state index in [1.807, 2.05) is 18.3 Å². The summed E-state index contributed by atoms with van der Waals surface area (Å²) in [4.78, 5) is 4.30. The maximum atomic E-state index is 4.30. The van der Waals surface area contributed by atoms with E-state index in [0.717, 1.165) is 24.6 Å². The first kappa shape index (κ1) is 10.8. The second-order valence-electron chi connectivity index (χ2n) is 3.74. The molecule has 0 radical (unpaired) electrons. The number of nitrogens with zero attached hydrogens (tertiary/aromatic N) is 1. The summed E-state index contributed by atoms with van der Waals surface area (Å²) in [6, 6.07) is 4.04. The van der Waals surface area contributed by atoms with Crippen molar-refractivity contribution in [3.8, 4) is 0 Å². The number of aromatic nitrogens is 1. The molecule has 78 valence electrons. The van der Waals surface area contributed by atoms with Gasteiger partial charge in [-0.1, -0.05) is 13.8 Å². The lowest BCUT2D eigenvalue weighted by molar-refractivity contribution is 0.687. The molecule has 14 heavy (non-hydrogen) atoms. The molecule has 0 aliphatic heterocycles. The van der Waals surface area contributed by atoms with Gasteiger partial charge in [-0.05, 0) is 25.0 Å². The van der Waals surface area contributed by atoms with Crippen molar-refractivity contribution in [2.45, 2.75) is 20.8 Å². The van der Waals surface area contributed by atoms with Crippen LogP contribution in [0.5, 0.6) is 0 Å². The largest absolute Gasteiger partial charge is 0.384 e. The molecule has 0 amide bonds. The Kier molecular flexibility index (Phi) is 4.23. The molecule has 0 atom stereocenters. The van der Waals surface area contributed by atoms with Crippen molar-refractivity contribution in [3.05, 3.63) is 18.3 Å². The Balaban J connectivity index is 2.46. The van der Waals surface area contributed by atoms with Gasteiger partial charge in [-0.3, -0.25) is 0 Å². The zero-order chi connectivity index (χ0) is 10.4. The SMILES string of the molecule is CCNc1ccc(NCC(C)C)nc1. The Morgan fingerprint density at radius 3 is 2.57 bits per heavy atom. The van der Waals surface area contributed by atoms with E-state index >= 15 is 0 Å². The van der Waals surface area contributed by atoms with Crippen LogP contribution in [0, 0.1) is 5.92 Å². The highest BCUT2D eigenvalue weighted by Gasteiger charge is 1.96. The van der Waals surface area contributed by atoms with Crippen molar-refractivity contribution < 1.29 is 0 Å². The minimum absolute atomic E-state index is 0.644. The highest BCUT2D eigenvalue weighted by molar-refractivity contribution is 5.46. The summed E-state index contributed by atoms with van der Waals surface area (Å²) in [5, 5.41) is 6.48. The number of pyridine rings is 1. The predicted octanol–water partition coefficient (Wildman–Crippen LogP) is 2.58. The van der Waals surface area contributed by atoms with Gasteiger partial charge in [0.05, 0.1) is 11.9 Å². The molecule has 0 spiro atoms. The third kappa shape index (κ3) is 3.64. The molecule has 2 N–H and O–H groups in total. The summed E-state index contributed by atoms with van der Waals surface area (Å²) >= 11 is 0. The van der Waals surface area contributed by atoms with Crippen molar-refractivity contribution in [1.82, 2.24) is 4.98 Å². The Hall–Kier alpha value is -1.25. The lowest BCUT2D eigenvalue weighted by Crippen LogP contribution is -2.09. The van der Waals surface area contributed by atoms with Gasteiger partial charge in [-0.15, -0.1) is 0 Å². The zero-order valence-corrected chi connectivity index (χ0v) is 9.17. The van der Waals surface area contributed by atoms with Crippen molar-refractivity contribution >= 4 is 11.5 Å². The van der Waals surface area contributed by atoms with Crippen molar-refractivity contribution in [3.63, 3.8) is 0 Å². The smallest absolute Gasteiger partial charge is 0.126 e. The number of hydrogen-bond acceptors (Lipinski definition) is 3. The van der Waals surface area contributed by atoms with Gasteiger partial charge in [0.25, 0.3) is 0 Å². The second-order valence-corrected chi connectivity index (χ2v) is 3.74. The van der Waals surface area contributed by atoms with Crippen LogP contribution in [-0.2, 0) is 0 Å². The van der Waals surface area contributed by atoms with Gasteiger partial charge >= 0.3 is 0 Å². The molecule has 0 saturated heterocycles. The van der Waals surface area contributed by atoms with E-state index in [0.29, 0.717) is 5.92 Å². The molecule has 1 heterocycles. The molecule has 0 bridgehead atoms. The molecular weight excluding hydrogens is 174 g/mol. The lowest BCUT2D eigenvalue weighted by atomic mass is 10.2. The van der Waals surface area contributed by atoms with Crippen LogP contribution in [0.4, 0.5) is 11.5 Å². The summed E-state index contributed by atoms with van der Waals surface area (Å²) in [5.41, 5.74) is 1.07. The fourth-order valence-corrected chi connectivity index (χ4v) is 1.12. The fourth-order valence-electron chi connectivity index (χ4n) is 1.12. The van der Waals surface area contributed by atoms with Gasteiger partial charge in [0.2, 0.25) is 0 Å². The maximum absolute atomic E-state index is 4.30. The quantitative estimate of drug-likeness (QED) is 0.754. The summed E-state index contributed by atoms with van der Waals surface area (Å²) in [6.07, 6.45) is 1.85. The molecule has 0 saturated carbocycles. The van der Waals surface area contributed by atoms with Gasteiger partial charge in [-0.25, -0.2) is 4.98 Å². The Morgan fingerprint density at radius 2 is 2.07 bits per heavy atom. The second kappa shape index (κ2) is 5.47. The molecule has 3 heteroatoms. The first-order valence-corrected chi connectivity index (χ1v) is 5.16. The Bertz CT molecular complexity index is 254. The van der Waals surface area contributed by atoms with Gasteiger partial charge in [0.1, 0.15) is 5.82 Å². The fraction of sp³-hybridized carbons (Fsp3) is 0.545. The van der Waals surface area contributed by atoms with E-state index < -0.39 is 0 Å². The van der Waals surface area contributed by atoms with Crippen LogP contribution in [0.15, 0.2) is 18.3 Å². The highest BCUT2D eigenvalue weighted by Crippen LogP contribution is 2.09. The molecule has 3 nitrogen and oxygen atoms in total. The van der Waals surface area contributed by atoms with E-state index in [4.69, 9.17) is 0 Å². The van der Waals surface area contributed by atoms with Crippen molar-refractivity contribution in [2.75, 3.05) is 23.7 Å². The van der Waals surface area contributed by atoms with Gasteiger partial charge in [0.15, 0.2) is 0 Å². The number of hydrogen-bond donors (Lipinski definition) is 2. The third-order valence-corrected chi connectivity index (χ3v) is 1.84. The van der Waals surface area contributed by atoms with Crippen LogP contribution in [0.1, 0.15) is 20.8 Å². The summed E-state index contributed by atoms with van der Waals surface area (Å²) in [6.45, 7) is 8.33. The average Bonchev–Trinajstić information content (AvgIpc) is 2.17. The van der Waals surface area contributed by atoms with Crippen LogP contribution in [0.2, 0.25) is 0 Å². The minimum Gasteiger partial charge on any atom is -0.384 e. The van der Waals surface area contributed by atoms with Crippen LogP contribution < -0.4 is 10.6 Å². The summed E-state index contributed by atoms with van der Waals surface area (Å²) in [7, 11) is 0. The van der Waals surface area contributed by atoms with Crippen molar-refractivity contribution in [2.24, 2.45) is 5.92 Å². The maximum Gasteiger partial charge on any atom is 0.126 e. The van der Waals surface area contributed by atoms with Crippen molar-refractivity contribution in [1.29, 1.82) is 0 Å². The van der Waals surface area contributed by atoms with Gasteiger partial charge in [-0.2, -0.15) is 0 Å². The van der Waals surface area contributed by atoms with Crippen LogP contribution in [0.3, 0.4) is 0 Å². The number of nitrogens with one attached hydrogen (secondary N) is 2. The summed E-state index contributed by atoms with van der Waals surface area (Å²) in [5.74, 6) is 1.59. The summed E-state index contributed by atoms with van der Waals surface area (Å²) < 4.78 is 0. The third-order valence-electron chi connectivity index (χ3n) is 1.84. The number of rotatable bonds is 5. The highest BCUT2D eigenvalue weighted by atomic mass is 15.0. The molecule has 1 aromatic heterocycles. The Labute approximate surface area is 85.9 Å². The number of anilines is 2. The minimum atomic E-state index is 0.644. The molecule has 0 unspecified atom stereocenters. The van der Waals surface area contributed by atoms with Gasteiger partial charge < -0.3 is 10.6 Å². The Morgan fingerprint density at radius 1 is 1.29 bits per heavy atom. The van der Waals surface area contributed by atoms with E-state index in [1.165, 1.54) is 0 Å². The normalized spacial score (nSPS) is 10.3. The first-order chi connectivity index (χ1) is 6.72. The molecule has 0 aliphatic carbocycles. The molecule has 0 aromatic carbocycles. The first-order valence-electron chi connectivity index (χ1n) is 5.16. The molecular formula is C11H19N3. The monoisotopic (exact) mass is 193 g/mol. The topological polar surface area (TPSA) is 37.0 Å². The zero-order valence-electron chi connectivity index (χ0n) is 9.17. The molecule has 0 fully saturated rings. The van der Waals surface area contributed by atoms with E-state index in [1.54, 1.807) is 0 Å². The van der Waals surface area contributed by atoms with Crippen LogP contribution in [0.25, 0.3) is 0 Å². The molecule has 1 rings (SSSR count). The standard InChI is InChI=1S/C11H19N3/c1-4-12-10-5-6-11(14-8-10)13-7-9(2)3/h5-6,8-9,12H,4,7H2,1-3H3,(H,13,14). The average molecular weight is 193 g/mol. The van der Waals surface area contributed by atoms with E-state index in [9.17, 15) is 0 Å². The van der Waals surface area contributed by atoms with Crippen LogP contribution in [-0.4, -0.2) is 18.1 Å². The van der Waals surface area contributed by atoms with E-state index in [-0.39, 0.29) is 0 Å². The molecule has 1 aromatic rings. The lowest BCUT2D eigenvalue weighted by Gasteiger charge is -2.08. The van der Waals surface area contributed by atoms with Crippen LogP contribution >= 0.6 is 0 Å². The van der Waals surface area contributed by atoms with Gasteiger partial charge in [0, 0.05) is 13.1 Å². The van der Waals surface area contributed by atoms with E-state index in [2.05, 4.69) is 36.4 Å².